The number of hydrogen-bond acceptors (Lipinski definition) is 5. The monoisotopic (exact) mass is 326 g/mol. The summed E-state index contributed by atoms with van der Waals surface area (Å²) in [5.41, 5.74) is 11.9. The number of anilines is 1. The zero-order valence-electron chi connectivity index (χ0n) is 9.31. The smallest absolute Gasteiger partial charge is 0.253 e. The highest BCUT2D eigenvalue weighted by Gasteiger charge is 2.04. The Morgan fingerprint density at radius 2 is 2.17 bits per heavy atom. The molecule has 1 aromatic carbocycles. The van der Waals surface area contributed by atoms with Crippen LogP contribution in [0, 0.1) is 0 Å². The highest BCUT2D eigenvalue weighted by molar-refractivity contribution is 9.10. The molecule has 0 spiro atoms. The number of aromatic amines is 1. The molecule has 0 aliphatic carbocycles. The largest absolute Gasteiger partial charge is 0.383 e. The second-order valence-corrected chi connectivity index (χ2v) is 5.45. The van der Waals surface area contributed by atoms with Crippen LogP contribution in [0.25, 0.3) is 0 Å². The van der Waals surface area contributed by atoms with Crippen LogP contribution in [0.1, 0.15) is 5.56 Å². The van der Waals surface area contributed by atoms with Gasteiger partial charge in [0.1, 0.15) is 5.82 Å². The van der Waals surface area contributed by atoms with E-state index >= 15 is 0 Å². The third-order valence-corrected chi connectivity index (χ3v) is 3.81. The normalized spacial score (nSPS) is 10.6. The van der Waals surface area contributed by atoms with Gasteiger partial charge in [0.25, 0.3) is 5.56 Å². The standard InChI is InChI=1S/C11H11BrN4OS/c12-8-3-7(2-1-6(8)5-13)18-11-15-9(14)4-10(17)16-11/h1-4H,5,13H2,(H3,14,15,16,17). The minimum Gasteiger partial charge on any atom is -0.383 e. The second kappa shape index (κ2) is 5.55. The van der Waals surface area contributed by atoms with Gasteiger partial charge in [-0.3, -0.25) is 4.79 Å². The first-order valence-electron chi connectivity index (χ1n) is 5.11. The zero-order valence-corrected chi connectivity index (χ0v) is 11.7. The lowest BCUT2D eigenvalue weighted by molar-refractivity contribution is 0.945. The maximum atomic E-state index is 11.3. The van der Waals surface area contributed by atoms with Crippen LogP contribution < -0.4 is 17.0 Å². The van der Waals surface area contributed by atoms with Crippen LogP contribution in [0.2, 0.25) is 0 Å². The summed E-state index contributed by atoms with van der Waals surface area (Å²) < 4.78 is 0.932. The summed E-state index contributed by atoms with van der Waals surface area (Å²) in [4.78, 5) is 18.9. The quantitative estimate of drug-likeness (QED) is 0.746. The first-order valence-corrected chi connectivity index (χ1v) is 6.72. The lowest BCUT2D eigenvalue weighted by Crippen LogP contribution is -2.09. The van der Waals surface area contributed by atoms with Crippen LogP contribution in [-0.4, -0.2) is 9.97 Å². The summed E-state index contributed by atoms with van der Waals surface area (Å²) >= 11 is 4.77. The summed E-state index contributed by atoms with van der Waals surface area (Å²) in [6, 6.07) is 7.02. The number of rotatable bonds is 3. The molecule has 18 heavy (non-hydrogen) atoms. The van der Waals surface area contributed by atoms with E-state index < -0.39 is 0 Å². The molecule has 0 saturated carbocycles. The molecule has 1 heterocycles. The Balaban J connectivity index is 2.28. The van der Waals surface area contributed by atoms with Crippen molar-refractivity contribution in [2.45, 2.75) is 16.6 Å². The van der Waals surface area contributed by atoms with Crippen molar-refractivity contribution in [2.75, 3.05) is 5.73 Å². The molecule has 0 radical (unpaired) electrons. The van der Waals surface area contributed by atoms with E-state index in [0.717, 1.165) is 14.9 Å². The van der Waals surface area contributed by atoms with Crippen molar-refractivity contribution < 1.29 is 0 Å². The third kappa shape index (κ3) is 3.12. The molecule has 0 bridgehead atoms. The molecule has 0 saturated heterocycles. The first-order chi connectivity index (χ1) is 8.58. The number of nitrogens with two attached hydrogens (primary N) is 2. The molecule has 0 aliphatic heterocycles. The van der Waals surface area contributed by atoms with E-state index in [9.17, 15) is 4.79 Å². The van der Waals surface area contributed by atoms with Gasteiger partial charge in [-0.25, -0.2) is 4.98 Å². The Kier molecular flexibility index (Phi) is 4.05. The van der Waals surface area contributed by atoms with E-state index in [1.165, 1.54) is 17.8 Å². The summed E-state index contributed by atoms with van der Waals surface area (Å²) in [5, 5.41) is 0.465. The number of halogens is 1. The topological polar surface area (TPSA) is 97.8 Å². The Morgan fingerprint density at radius 1 is 1.39 bits per heavy atom. The predicted molar refractivity (Wildman–Crippen MR) is 75.4 cm³/mol. The molecule has 5 N–H and O–H groups in total. The van der Waals surface area contributed by atoms with Crippen LogP contribution in [0.15, 0.2) is 43.6 Å². The third-order valence-electron chi connectivity index (χ3n) is 2.20. The summed E-state index contributed by atoms with van der Waals surface area (Å²) in [6.07, 6.45) is 0. The van der Waals surface area contributed by atoms with Crippen molar-refractivity contribution in [3.8, 4) is 0 Å². The number of hydrogen-bond donors (Lipinski definition) is 3. The minimum atomic E-state index is -0.261. The lowest BCUT2D eigenvalue weighted by Gasteiger charge is -2.05. The molecule has 2 rings (SSSR count). The van der Waals surface area contributed by atoms with Gasteiger partial charge in [-0.05, 0) is 17.7 Å². The van der Waals surface area contributed by atoms with Gasteiger partial charge in [0.05, 0.1) is 0 Å². The molecule has 1 aromatic heterocycles. The van der Waals surface area contributed by atoms with E-state index in [-0.39, 0.29) is 11.4 Å². The first kappa shape index (κ1) is 13.1. The van der Waals surface area contributed by atoms with Crippen molar-refractivity contribution in [1.29, 1.82) is 0 Å². The number of nitrogens with one attached hydrogen (secondary N) is 1. The predicted octanol–water partition coefficient (Wildman–Crippen LogP) is 1.72. The minimum absolute atomic E-state index is 0.207. The average molecular weight is 327 g/mol. The number of aromatic nitrogens is 2. The Labute approximate surface area is 116 Å². The summed E-state index contributed by atoms with van der Waals surface area (Å²) in [6.45, 7) is 0.471. The van der Waals surface area contributed by atoms with Crippen LogP contribution >= 0.6 is 27.7 Å². The molecular formula is C11H11BrN4OS. The molecule has 0 amide bonds. The van der Waals surface area contributed by atoms with Crippen LogP contribution in [-0.2, 0) is 6.54 Å². The molecule has 7 heteroatoms. The van der Waals surface area contributed by atoms with Crippen molar-refractivity contribution in [3.05, 3.63) is 44.7 Å². The van der Waals surface area contributed by atoms with E-state index in [1.54, 1.807) is 0 Å². The van der Waals surface area contributed by atoms with E-state index in [4.69, 9.17) is 11.5 Å². The lowest BCUT2D eigenvalue weighted by atomic mass is 10.2. The fourth-order valence-electron chi connectivity index (χ4n) is 1.37. The fraction of sp³-hybridized carbons (Fsp3) is 0.0909. The zero-order chi connectivity index (χ0) is 13.1. The van der Waals surface area contributed by atoms with E-state index in [2.05, 4.69) is 25.9 Å². The number of H-pyrrole nitrogens is 1. The Hall–Kier alpha value is -1.31. The molecular weight excluding hydrogens is 316 g/mol. The molecule has 0 aliphatic rings. The number of benzene rings is 1. The van der Waals surface area contributed by atoms with Crippen LogP contribution in [0.4, 0.5) is 5.82 Å². The van der Waals surface area contributed by atoms with Crippen molar-refractivity contribution >= 4 is 33.5 Å². The van der Waals surface area contributed by atoms with Gasteiger partial charge in [0, 0.05) is 22.0 Å². The molecule has 94 valence electrons. The van der Waals surface area contributed by atoms with Gasteiger partial charge < -0.3 is 16.5 Å². The Bertz CT molecular complexity index is 629. The Morgan fingerprint density at radius 3 is 2.78 bits per heavy atom. The van der Waals surface area contributed by atoms with Crippen molar-refractivity contribution in [1.82, 2.24) is 9.97 Å². The van der Waals surface area contributed by atoms with E-state index in [0.29, 0.717) is 11.7 Å². The summed E-state index contributed by atoms with van der Waals surface area (Å²) in [7, 11) is 0. The van der Waals surface area contributed by atoms with Crippen LogP contribution in [0.3, 0.4) is 0 Å². The second-order valence-electron chi connectivity index (χ2n) is 3.53. The van der Waals surface area contributed by atoms with Crippen molar-refractivity contribution in [2.24, 2.45) is 5.73 Å². The van der Waals surface area contributed by atoms with Gasteiger partial charge in [-0.2, -0.15) is 0 Å². The fourth-order valence-corrected chi connectivity index (χ4v) is 2.90. The molecule has 0 fully saturated rings. The highest BCUT2D eigenvalue weighted by atomic mass is 79.9. The maximum absolute atomic E-state index is 11.3. The average Bonchev–Trinajstić information content (AvgIpc) is 2.27. The van der Waals surface area contributed by atoms with Gasteiger partial charge in [-0.15, -0.1) is 0 Å². The highest BCUT2D eigenvalue weighted by Crippen LogP contribution is 2.28. The maximum Gasteiger partial charge on any atom is 0.253 e. The molecule has 0 atom stereocenters. The van der Waals surface area contributed by atoms with Crippen LogP contribution in [0.5, 0.6) is 0 Å². The van der Waals surface area contributed by atoms with Gasteiger partial charge in [0.2, 0.25) is 0 Å². The van der Waals surface area contributed by atoms with Crippen molar-refractivity contribution in [3.63, 3.8) is 0 Å². The molecule has 0 unspecified atom stereocenters. The number of nitrogen functional groups attached to an aromatic ring is 1. The summed E-state index contributed by atoms with van der Waals surface area (Å²) in [5.74, 6) is 0.207. The van der Waals surface area contributed by atoms with E-state index in [1.807, 2.05) is 18.2 Å². The molecule has 5 nitrogen and oxygen atoms in total. The van der Waals surface area contributed by atoms with Gasteiger partial charge in [0.15, 0.2) is 5.16 Å². The SMILES string of the molecule is NCc1ccc(Sc2nc(N)cc(=O)[nH]2)cc1Br. The molecule has 2 aromatic rings. The number of nitrogens with zero attached hydrogens (tertiary/aromatic N) is 1. The van der Waals surface area contributed by atoms with Gasteiger partial charge >= 0.3 is 0 Å². The van der Waals surface area contributed by atoms with Gasteiger partial charge in [-0.1, -0.05) is 33.8 Å².